The second-order valence-electron chi connectivity index (χ2n) is 3.76. The van der Waals surface area contributed by atoms with Crippen LogP contribution in [-0.4, -0.2) is 26.2 Å². The molecule has 1 aromatic carbocycles. The van der Waals surface area contributed by atoms with E-state index < -0.39 is 26.2 Å². The van der Waals surface area contributed by atoms with Crippen LogP contribution >= 0.6 is 11.6 Å². The number of hydrogen-bond acceptors (Lipinski definition) is 6. The standard InChI is InChI=1S/C10H11ClO3.CH5AsO3.K.2Na/c1-6-5-8(11)3-4-9(6)14-7(2)10(12)13;1-2(3,4)5;;;/h3-5,7H,1-2H3,(H,12,13);1H3,(H2,3,4,5);;;/q;;3*+1/p-3. The molecule has 22 heavy (non-hydrogen) atoms. The van der Waals surface area contributed by atoms with E-state index in [1.54, 1.807) is 25.1 Å². The minimum atomic E-state index is -4.62. The molecule has 108 valence electrons. The zero-order valence-electron chi connectivity index (χ0n) is 13.6. The average Bonchev–Trinajstić information content (AvgIpc) is 2.19. The van der Waals surface area contributed by atoms with Crippen LogP contribution in [-0.2, 0) is 8.53 Å². The number of rotatable bonds is 3. The second-order valence-corrected chi connectivity index (χ2v) is 7.43. The van der Waals surface area contributed by atoms with E-state index in [9.17, 15) is 9.90 Å². The Labute approximate surface area is 224 Å². The molecule has 0 amide bonds. The molecule has 0 aliphatic rings. The zero-order chi connectivity index (χ0) is 15.2. The van der Waals surface area contributed by atoms with E-state index in [1.165, 1.54) is 6.92 Å². The molecular weight excluding hydrogens is 424 g/mol. The summed E-state index contributed by atoms with van der Waals surface area (Å²) in [6.45, 7) is 3.21. The van der Waals surface area contributed by atoms with E-state index in [0.717, 1.165) is 5.56 Å². The average molecular weight is 437 g/mol. The van der Waals surface area contributed by atoms with Gasteiger partial charge in [0, 0.05) is 5.02 Å². The van der Waals surface area contributed by atoms with Gasteiger partial charge in [-0.05, 0) is 37.6 Å². The molecule has 0 bridgehead atoms. The van der Waals surface area contributed by atoms with E-state index in [2.05, 4.69) is 0 Å². The monoisotopic (exact) mass is 436 g/mol. The molecular formula is C11H13AsClKNa2O6. The summed E-state index contributed by atoms with van der Waals surface area (Å²) in [7, 11) is 0. The molecule has 1 atom stereocenters. The van der Waals surface area contributed by atoms with E-state index in [4.69, 9.17) is 28.3 Å². The maximum Gasteiger partial charge on any atom is 1.00 e. The first-order valence-electron chi connectivity index (χ1n) is 5.14. The molecule has 11 heteroatoms. The Kier molecular flexibility index (Phi) is 23.4. The van der Waals surface area contributed by atoms with Crippen molar-refractivity contribution in [1.29, 1.82) is 0 Å². The predicted octanol–water partition coefficient (Wildman–Crippen LogP) is -10.1. The van der Waals surface area contributed by atoms with Crippen LogP contribution in [0.1, 0.15) is 12.5 Å². The first kappa shape index (κ1) is 32.4. The van der Waals surface area contributed by atoms with Gasteiger partial charge in [-0.25, -0.2) is 0 Å². The fraction of sp³-hybridized carbons (Fsp3) is 0.364. The van der Waals surface area contributed by atoms with E-state index in [0.29, 0.717) is 16.5 Å². The molecule has 0 saturated carbocycles. The molecule has 0 radical (unpaired) electrons. The molecule has 0 aromatic heterocycles. The van der Waals surface area contributed by atoms with Crippen molar-refractivity contribution in [2.45, 2.75) is 25.7 Å². The molecule has 1 aromatic rings. The predicted molar refractivity (Wildman–Crippen MR) is 63.6 cm³/mol. The maximum absolute atomic E-state index is 10.4. The quantitative estimate of drug-likeness (QED) is 0.435. The van der Waals surface area contributed by atoms with Crippen molar-refractivity contribution in [3.63, 3.8) is 0 Å². The van der Waals surface area contributed by atoms with Gasteiger partial charge in [-0.1, -0.05) is 11.6 Å². The Morgan fingerprint density at radius 1 is 1.32 bits per heavy atom. The molecule has 0 aliphatic heterocycles. The third kappa shape index (κ3) is 19.0. The van der Waals surface area contributed by atoms with Crippen molar-refractivity contribution in [3.05, 3.63) is 28.8 Å². The van der Waals surface area contributed by atoms with Crippen LogP contribution in [0.5, 0.6) is 5.75 Å². The van der Waals surface area contributed by atoms with Crippen molar-refractivity contribution >= 4 is 31.7 Å². The van der Waals surface area contributed by atoms with Crippen molar-refractivity contribution in [2.75, 3.05) is 0 Å². The van der Waals surface area contributed by atoms with Gasteiger partial charge in [0.05, 0.1) is 5.97 Å². The Bertz CT molecular complexity index is 491. The molecule has 0 aliphatic carbocycles. The smallest absolute Gasteiger partial charge is 0.546 e. The number of carboxylic acids is 1. The number of carbonyl (C=O) groups is 1. The van der Waals surface area contributed by atoms with Gasteiger partial charge in [0.15, 0.2) is 0 Å². The summed E-state index contributed by atoms with van der Waals surface area (Å²) in [6, 6.07) is 4.99. The van der Waals surface area contributed by atoms with Crippen LogP contribution in [0.2, 0.25) is 10.7 Å². The van der Waals surface area contributed by atoms with Crippen LogP contribution in [0.4, 0.5) is 0 Å². The Morgan fingerprint density at radius 3 is 2.05 bits per heavy atom. The van der Waals surface area contributed by atoms with Gasteiger partial charge in [0.2, 0.25) is 0 Å². The first-order chi connectivity index (χ1) is 8.50. The maximum atomic E-state index is 10.4. The number of ether oxygens (including phenoxy) is 1. The van der Waals surface area contributed by atoms with Crippen LogP contribution in [0.15, 0.2) is 18.2 Å². The number of carbonyl (C=O) groups excluding carboxylic acids is 1. The molecule has 0 saturated heterocycles. The Morgan fingerprint density at radius 2 is 1.73 bits per heavy atom. The fourth-order valence-corrected chi connectivity index (χ4v) is 1.21. The van der Waals surface area contributed by atoms with Crippen molar-refractivity contribution in [2.24, 2.45) is 0 Å². The third-order valence-corrected chi connectivity index (χ3v) is 2.01. The summed E-state index contributed by atoms with van der Waals surface area (Å²) in [4.78, 5) is 10.4. The summed E-state index contributed by atoms with van der Waals surface area (Å²) in [5.41, 5.74) is 1.49. The summed E-state index contributed by atoms with van der Waals surface area (Å²) in [5.74, 6) is -0.731. The minimum Gasteiger partial charge on any atom is -0.546 e. The molecule has 1 unspecified atom stereocenters. The van der Waals surface area contributed by atoms with E-state index in [-0.39, 0.29) is 110 Å². The van der Waals surface area contributed by atoms with Gasteiger partial charge in [0.1, 0.15) is 11.9 Å². The number of aryl methyl sites for hydroxylation is 1. The normalized spacial score (nSPS) is 10.5. The summed E-state index contributed by atoms with van der Waals surface area (Å²) >= 11 is 1.11. The van der Waals surface area contributed by atoms with E-state index in [1.807, 2.05) is 0 Å². The number of carboxylic acid groups (broad SMARTS) is 1. The largest absolute Gasteiger partial charge is 1.00 e. The van der Waals surface area contributed by atoms with Gasteiger partial charge in [-0.2, -0.15) is 0 Å². The SMILES string of the molecule is C[As](=O)([O-])[O-].Cc1cc(Cl)ccc1OC(C)C(=O)[O-].[K+].[Na+].[Na+]. The third-order valence-electron chi connectivity index (χ3n) is 1.77. The topological polar surface area (TPSA) is 113 Å². The summed E-state index contributed by atoms with van der Waals surface area (Å²) < 4.78 is 32.6. The van der Waals surface area contributed by atoms with Crippen LogP contribution in [0.3, 0.4) is 0 Å². The van der Waals surface area contributed by atoms with Crippen LogP contribution in [0.25, 0.3) is 0 Å². The van der Waals surface area contributed by atoms with Crippen molar-refractivity contribution < 1.29 is 137 Å². The number of halogens is 1. The number of hydrogen-bond donors (Lipinski definition) is 0. The molecule has 0 N–H and O–H groups in total. The molecule has 0 spiro atoms. The Balaban J connectivity index is -0.000000179. The van der Waals surface area contributed by atoms with E-state index >= 15 is 0 Å². The fourth-order valence-electron chi connectivity index (χ4n) is 0.984. The molecule has 0 fully saturated rings. The molecule has 0 heterocycles. The van der Waals surface area contributed by atoms with Gasteiger partial charge >= 0.3 is 142 Å². The van der Waals surface area contributed by atoms with Crippen molar-refractivity contribution in [1.82, 2.24) is 0 Å². The zero-order valence-corrected chi connectivity index (χ0v) is 23.3. The van der Waals surface area contributed by atoms with Gasteiger partial charge in [0.25, 0.3) is 0 Å². The number of aliphatic carboxylic acids is 1. The van der Waals surface area contributed by atoms with Gasteiger partial charge < -0.3 is 14.6 Å². The first-order valence-corrected chi connectivity index (χ1v) is 9.69. The van der Waals surface area contributed by atoms with Crippen LogP contribution < -0.4 is 129 Å². The van der Waals surface area contributed by atoms with Crippen LogP contribution in [0, 0.1) is 6.92 Å². The summed E-state index contributed by atoms with van der Waals surface area (Å²) in [5, 5.41) is 11.0. The molecule has 1 rings (SSSR count). The van der Waals surface area contributed by atoms with Gasteiger partial charge in [-0.15, -0.1) is 0 Å². The minimum absolute atomic E-state index is 0. The van der Waals surface area contributed by atoms with Crippen molar-refractivity contribution in [3.8, 4) is 5.75 Å². The molecule has 6 nitrogen and oxygen atoms in total. The second kappa shape index (κ2) is 15.9. The number of benzene rings is 1. The summed E-state index contributed by atoms with van der Waals surface area (Å²) in [6.07, 6.45) is -0.963. The van der Waals surface area contributed by atoms with Gasteiger partial charge in [-0.3, -0.25) is 0 Å². The Hall–Kier alpha value is 2.69.